The zero-order chi connectivity index (χ0) is 21.9. The number of methoxy groups -OCH3 is 2. The molecule has 2 aromatic rings. The van der Waals surface area contributed by atoms with Crippen LogP contribution in [0.5, 0.6) is 11.5 Å². The normalized spacial score (nSPS) is 14.4. The molecule has 1 saturated heterocycles. The van der Waals surface area contributed by atoms with Crippen molar-refractivity contribution in [3.63, 3.8) is 0 Å². The molecular formula is C21H27N3O5S. The molecule has 1 heterocycles. The number of para-hydroxylation sites is 1. The molecular weight excluding hydrogens is 406 g/mol. The van der Waals surface area contributed by atoms with Crippen LogP contribution >= 0.6 is 0 Å². The number of benzene rings is 2. The number of hydrogen-bond donors (Lipinski definition) is 0. The Hall–Kier alpha value is -2.94. The Balaban J connectivity index is 1.89. The van der Waals surface area contributed by atoms with Gasteiger partial charge in [-0.2, -0.15) is 0 Å². The van der Waals surface area contributed by atoms with Crippen LogP contribution in [0.25, 0.3) is 0 Å². The first-order chi connectivity index (χ1) is 14.3. The Kier molecular flexibility index (Phi) is 6.40. The lowest BCUT2D eigenvalue weighted by molar-refractivity contribution is 0.0747. The second kappa shape index (κ2) is 8.83. The van der Waals surface area contributed by atoms with Crippen LogP contribution in [0, 0.1) is 0 Å². The molecule has 3 rings (SSSR count). The zero-order valence-electron chi connectivity index (χ0n) is 17.7. The molecule has 0 bridgehead atoms. The van der Waals surface area contributed by atoms with Crippen molar-refractivity contribution in [3.8, 4) is 11.5 Å². The molecule has 0 radical (unpaired) electrons. The SMILES string of the molecule is COc1cc(C(=O)N2CCN(c3ccccc3)CC2)c(N(C)S(C)(=O)=O)cc1OC. The zero-order valence-corrected chi connectivity index (χ0v) is 18.5. The second-order valence-electron chi connectivity index (χ2n) is 7.07. The van der Waals surface area contributed by atoms with Crippen molar-refractivity contribution in [1.82, 2.24) is 4.90 Å². The van der Waals surface area contributed by atoms with Gasteiger partial charge in [-0.3, -0.25) is 9.10 Å². The van der Waals surface area contributed by atoms with Crippen molar-refractivity contribution in [2.24, 2.45) is 0 Å². The van der Waals surface area contributed by atoms with Gasteiger partial charge in [0.25, 0.3) is 5.91 Å². The molecule has 9 heteroatoms. The lowest BCUT2D eigenvalue weighted by Crippen LogP contribution is -2.49. The Bertz CT molecular complexity index is 1000. The third-order valence-corrected chi connectivity index (χ3v) is 6.45. The summed E-state index contributed by atoms with van der Waals surface area (Å²) in [4.78, 5) is 17.3. The van der Waals surface area contributed by atoms with Gasteiger partial charge in [0.15, 0.2) is 11.5 Å². The van der Waals surface area contributed by atoms with Gasteiger partial charge in [-0.1, -0.05) is 18.2 Å². The highest BCUT2D eigenvalue weighted by molar-refractivity contribution is 7.92. The number of nitrogens with zero attached hydrogens (tertiary/aromatic N) is 3. The minimum atomic E-state index is -3.57. The van der Waals surface area contributed by atoms with Crippen molar-refractivity contribution in [2.75, 3.05) is 62.9 Å². The van der Waals surface area contributed by atoms with Crippen LogP contribution in [0.2, 0.25) is 0 Å². The van der Waals surface area contributed by atoms with Gasteiger partial charge in [0, 0.05) is 45.0 Å². The Morgan fingerprint density at radius 1 is 0.967 bits per heavy atom. The fourth-order valence-corrected chi connectivity index (χ4v) is 3.96. The molecule has 0 aromatic heterocycles. The molecule has 0 atom stereocenters. The molecule has 0 unspecified atom stereocenters. The van der Waals surface area contributed by atoms with Gasteiger partial charge in [-0.25, -0.2) is 8.42 Å². The van der Waals surface area contributed by atoms with E-state index >= 15 is 0 Å². The average Bonchev–Trinajstić information content (AvgIpc) is 2.77. The molecule has 0 aliphatic carbocycles. The summed E-state index contributed by atoms with van der Waals surface area (Å²) in [5.74, 6) is 0.483. The quantitative estimate of drug-likeness (QED) is 0.694. The first-order valence-electron chi connectivity index (χ1n) is 9.55. The van der Waals surface area contributed by atoms with E-state index in [0.29, 0.717) is 37.7 Å². The maximum Gasteiger partial charge on any atom is 0.256 e. The van der Waals surface area contributed by atoms with Crippen LogP contribution in [-0.2, 0) is 10.0 Å². The van der Waals surface area contributed by atoms with Crippen molar-refractivity contribution in [2.45, 2.75) is 0 Å². The number of carbonyl (C=O) groups is 1. The van der Waals surface area contributed by atoms with Crippen molar-refractivity contribution < 1.29 is 22.7 Å². The van der Waals surface area contributed by atoms with Crippen molar-refractivity contribution in [3.05, 3.63) is 48.0 Å². The number of hydrogen-bond acceptors (Lipinski definition) is 6. The van der Waals surface area contributed by atoms with E-state index in [1.54, 1.807) is 11.0 Å². The van der Waals surface area contributed by atoms with Gasteiger partial charge >= 0.3 is 0 Å². The predicted molar refractivity (Wildman–Crippen MR) is 117 cm³/mol. The second-order valence-corrected chi connectivity index (χ2v) is 9.08. The van der Waals surface area contributed by atoms with Crippen LogP contribution in [0.1, 0.15) is 10.4 Å². The predicted octanol–water partition coefficient (Wildman–Crippen LogP) is 2.06. The number of ether oxygens (including phenoxy) is 2. The number of anilines is 2. The molecule has 1 amide bonds. The van der Waals surface area contributed by atoms with E-state index < -0.39 is 10.0 Å². The van der Waals surface area contributed by atoms with E-state index in [2.05, 4.69) is 4.90 Å². The largest absolute Gasteiger partial charge is 0.493 e. The Morgan fingerprint density at radius 3 is 2.07 bits per heavy atom. The van der Waals surface area contributed by atoms with E-state index in [1.165, 1.54) is 27.3 Å². The van der Waals surface area contributed by atoms with Crippen LogP contribution in [-0.4, -0.2) is 72.9 Å². The standard InChI is InChI=1S/C21H27N3O5S/c1-22(30(4,26)27)18-15-20(29-3)19(28-2)14-17(18)21(25)24-12-10-23(11-13-24)16-8-6-5-7-9-16/h5-9,14-15H,10-13H2,1-4H3. The number of amides is 1. The first-order valence-corrected chi connectivity index (χ1v) is 11.4. The topological polar surface area (TPSA) is 79.4 Å². The Morgan fingerprint density at radius 2 is 1.53 bits per heavy atom. The number of rotatable bonds is 6. The summed E-state index contributed by atoms with van der Waals surface area (Å²) in [6.45, 7) is 2.45. The minimum absolute atomic E-state index is 0.242. The van der Waals surface area contributed by atoms with Crippen LogP contribution in [0.3, 0.4) is 0 Å². The first kappa shape index (κ1) is 21.8. The molecule has 1 fully saturated rings. The van der Waals surface area contributed by atoms with Crippen LogP contribution in [0.4, 0.5) is 11.4 Å². The van der Waals surface area contributed by atoms with Gasteiger partial charge in [0.05, 0.1) is 31.7 Å². The van der Waals surface area contributed by atoms with E-state index in [1.807, 2.05) is 30.3 Å². The van der Waals surface area contributed by atoms with Crippen molar-refractivity contribution in [1.29, 1.82) is 0 Å². The van der Waals surface area contributed by atoms with Gasteiger partial charge in [-0.05, 0) is 18.2 Å². The molecule has 0 saturated carbocycles. The van der Waals surface area contributed by atoms with Gasteiger partial charge in [-0.15, -0.1) is 0 Å². The van der Waals surface area contributed by atoms with E-state index in [4.69, 9.17) is 9.47 Å². The molecule has 1 aliphatic heterocycles. The third-order valence-electron chi connectivity index (χ3n) is 5.26. The molecule has 2 aromatic carbocycles. The number of sulfonamides is 1. The fraction of sp³-hybridized carbons (Fsp3) is 0.381. The molecule has 1 aliphatic rings. The van der Waals surface area contributed by atoms with Gasteiger partial charge in [0.2, 0.25) is 10.0 Å². The lowest BCUT2D eigenvalue weighted by Gasteiger charge is -2.36. The molecule has 8 nitrogen and oxygen atoms in total. The minimum Gasteiger partial charge on any atom is -0.493 e. The lowest BCUT2D eigenvalue weighted by atomic mass is 10.1. The van der Waals surface area contributed by atoms with Crippen molar-refractivity contribution >= 4 is 27.3 Å². The summed E-state index contributed by atoms with van der Waals surface area (Å²) in [6, 6.07) is 13.1. The maximum atomic E-state index is 13.4. The Labute approximate surface area is 177 Å². The van der Waals surface area contributed by atoms with E-state index in [-0.39, 0.29) is 17.2 Å². The number of piperazine rings is 1. The summed E-state index contributed by atoms with van der Waals surface area (Å²) < 4.78 is 36.0. The van der Waals surface area contributed by atoms with Gasteiger partial charge < -0.3 is 19.3 Å². The van der Waals surface area contributed by atoms with E-state index in [9.17, 15) is 13.2 Å². The van der Waals surface area contributed by atoms with E-state index in [0.717, 1.165) is 16.2 Å². The van der Waals surface area contributed by atoms with Crippen LogP contribution < -0.4 is 18.7 Å². The average molecular weight is 434 g/mol. The fourth-order valence-electron chi connectivity index (χ4n) is 3.46. The summed E-state index contributed by atoms with van der Waals surface area (Å²) >= 11 is 0. The monoisotopic (exact) mass is 433 g/mol. The molecule has 30 heavy (non-hydrogen) atoms. The summed E-state index contributed by atoms with van der Waals surface area (Å²) in [6.07, 6.45) is 1.09. The highest BCUT2D eigenvalue weighted by atomic mass is 32.2. The highest BCUT2D eigenvalue weighted by Gasteiger charge is 2.28. The maximum absolute atomic E-state index is 13.4. The van der Waals surface area contributed by atoms with Gasteiger partial charge in [0.1, 0.15) is 0 Å². The summed E-state index contributed by atoms with van der Waals surface area (Å²) in [5, 5.41) is 0. The van der Waals surface area contributed by atoms with Crippen LogP contribution in [0.15, 0.2) is 42.5 Å². The molecule has 0 N–H and O–H groups in total. The molecule has 0 spiro atoms. The molecule has 162 valence electrons. The smallest absolute Gasteiger partial charge is 0.256 e. The highest BCUT2D eigenvalue weighted by Crippen LogP contribution is 2.36. The third kappa shape index (κ3) is 4.46. The summed E-state index contributed by atoms with van der Waals surface area (Å²) in [7, 11) is 0.785. The number of carbonyl (C=O) groups excluding carboxylic acids is 1. The summed E-state index contributed by atoms with van der Waals surface area (Å²) in [5.41, 5.74) is 1.63.